The predicted molar refractivity (Wildman–Crippen MR) is 142 cm³/mol. The molecule has 1 saturated carbocycles. The third kappa shape index (κ3) is 5.36. The Kier molecular flexibility index (Phi) is 7.50. The summed E-state index contributed by atoms with van der Waals surface area (Å²) in [5.74, 6) is 2.39. The van der Waals surface area contributed by atoms with E-state index in [2.05, 4.69) is 44.5 Å². The van der Waals surface area contributed by atoms with Crippen molar-refractivity contribution in [3.05, 3.63) is 75.8 Å². The number of hydrogen-bond acceptors (Lipinski definition) is 7. The van der Waals surface area contributed by atoms with Crippen molar-refractivity contribution in [2.24, 2.45) is 0 Å². The molecule has 0 spiro atoms. The van der Waals surface area contributed by atoms with Crippen molar-refractivity contribution in [3.63, 3.8) is 0 Å². The van der Waals surface area contributed by atoms with Crippen molar-refractivity contribution in [1.82, 2.24) is 30.1 Å². The molecule has 9 heteroatoms. The van der Waals surface area contributed by atoms with Crippen LogP contribution >= 0.6 is 0 Å². The van der Waals surface area contributed by atoms with Crippen LogP contribution < -0.4 is 15.0 Å². The summed E-state index contributed by atoms with van der Waals surface area (Å²) in [6.45, 7) is 3.25. The van der Waals surface area contributed by atoms with Crippen LogP contribution in [0, 0.1) is 0 Å². The van der Waals surface area contributed by atoms with Gasteiger partial charge in [0, 0.05) is 24.7 Å². The highest BCUT2D eigenvalue weighted by molar-refractivity contribution is 5.80. The van der Waals surface area contributed by atoms with Gasteiger partial charge in [-0.3, -0.25) is 9.69 Å². The fraction of sp³-hybridized carbons (Fsp3) is 0.429. The second kappa shape index (κ2) is 11.1. The molecule has 37 heavy (non-hydrogen) atoms. The molecule has 2 aromatic carbocycles. The molecular formula is C28H34N6O3. The molecule has 1 N–H and O–H groups in total. The van der Waals surface area contributed by atoms with Crippen LogP contribution in [0.25, 0.3) is 10.9 Å². The van der Waals surface area contributed by atoms with Gasteiger partial charge in [0.15, 0.2) is 5.82 Å². The third-order valence-electron chi connectivity index (χ3n) is 7.36. The van der Waals surface area contributed by atoms with E-state index >= 15 is 0 Å². The van der Waals surface area contributed by atoms with Gasteiger partial charge in [-0.1, -0.05) is 31.9 Å². The van der Waals surface area contributed by atoms with Gasteiger partial charge < -0.3 is 14.5 Å². The van der Waals surface area contributed by atoms with Gasteiger partial charge in [0.1, 0.15) is 11.5 Å². The van der Waals surface area contributed by atoms with Gasteiger partial charge in [0.2, 0.25) is 0 Å². The van der Waals surface area contributed by atoms with Crippen LogP contribution in [0.1, 0.15) is 68.1 Å². The summed E-state index contributed by atoms with van der Waals surface area (Å²) in [5.41, 5.74) is 2.48. The number of tetrazole rings is 1. The lowest BCUT2D eigenvalue weighted by Crippen LogP contribution is -2.32. The first kappa shape index (κ1) is 25.0. The lowest BCUT2D eigenvalue weighted by molar-refractivity contribution is 0.158. The van der Waals surface area contributed by atoms with Gasteiger partial charge in [-0.2, -0.15) is 0 Å². The fourth-order valence-electron chi connectivity index (χ4n) is 5.36. The zero-order chi connectivity index (χ0) is 25.8. The van der Waals surface area contributed by atoms with Crippen LogP contribution in [0.15, 0.2) is 53.3 Å². The van der Waals surface area contributed by atoms with Crippen LogP contribution in [0.4, 0.5) is 0 Å². The van der Waals surface area contributed by atoms with Gasteiger partial charge in [0.25, 0.3) is 5.56 Å². The highest BCUT2D eigenvalue weighted by Crippen LogP contribution is 2.33. The lowest BCUT2D eigenvalue weighted by atomic mass is 10.1. The number of fused-ring (bicyclic) bond motifs is 1. The van der Waals surface area contributed by atoms with E-state index in [0.29, 0.717) is 30.4 Å². The number of benzene rings is 2. The third-order valence-corrected chi connectivity index (χ3v) is 7.36. The molecule has 5 rings (SSSR count). The topological polar surface area (TPSA) is 98.2 Å². The second-order valence-electron chi connectivity index (χ2n) is 9.67. The summed E-state index contributed by atoms with van der Waals surface area (Å²) in [7, 11) is 3.29. The second-order valence-corrected chi connectivity index (χ2v) is 9.67. The Bertz CT molecular complexity index is 1390. The smallest absolute Gasteiger partial charge is 0.252 e. The number of H-pyrrole nitrogens is 1. The average Bonchev–Trinajstić information content (AvgIpc) is 3.62. The van der Waals surface area contributed by atoms with Gasteiger partial charge in [-0.05, 0) is 71.0 Å². The Balaban J connectivity index is 1.51. The molecule has 9 nitrogen and oxygen atoms in total. The Morgan fingerprint density at radius 2 is 1.76 bits per heavy atom. The normalized spacial score (nSPS) is 14.9. The SMILES string of the molecule is CCC(c1nnnn1C1CCCC1)N(Cc1ccc(OC)cc1)Cc1cc2ccc(OC)cc2[nH]c1=O. The highest BCUT2D eigenvalue weighted by Gasteiger charge is 2.29. The molecule has 194 valence electrons. The summed E-state index contributed by atoms with van der Waals surface area (Å²) in [5, 5.41) is 13.9. The van der Waals surface area contributed by atoms with E-state index in [1.165, 1.54) is 12.8 Å². The van der Waals surface area contributed by atoms with Crippen molar-refractivity contribution in [3.8, 4) is 11.5 Å². The first-order chi connectivity index (χ1) is 18.1. The van der Waals surface area contributed by atoms with E-state index in [4.69, 9.17) is 9.47 Å². The molecular weight excluding hydrogens is 468 g/mol. The summed E-state index contributed by atoms with van der Waals surface area (Å²) in [6, 6.07) is 16.0. The number of ether oxygens (including phenoxy) is 2. The van der Waals surface area contributed by atoms with Gasteiger partial charge >= 0.3 is 0 Å². The highest BCUT2D eigenvalue weighted by atomic mass is 16.5. The quantitative estimate of drug-likeness (QED) is 0.333. The van der Waals surface area contributed by atoms with Crippen LogP contribution in [0.3, 0.4) is 0 Å². The minimum atomic E-state index is -0.106. The number of hydrogen-bond donors (Lipinski definition) is 1. The van der Waals surface area contributed by atoms with E-state index in [9.17, 15) is 4.79 Å². The summed E-state index contributed by atoms with van der Waals surface area (Å²) in [4.78, 5) is 18.5. The Morgan fingerprint density at radius 1 is 1.03 bits per heavy atom. The van der Waals surface area contributed by atoms with Crippen LogP contribution in [0.5, 0.6) is 11.5 Å². The molecule has 0 bridgehead atoms. The Morgan fingerprint density at radius 3 is 2.46 bits per heavy atom. The number of nitrogens with one attached hydrogen (secondary N) is 1. The van der Waals surface area contributed by atoms with Crippen molar-refractivity contribution >= 4 is 10.9 Å². The zero-order valence-electron chi connectivity index (χ0n) is 21.7. The first-order valence-electron chi connectivity index (χ1n) is 12.9. The van der Waals surface area contributed by atoms with Crippen molar-refractivity contribution < 1.29 is 9.47 Å². The largest absolute Gasteiger partial charge is 0.497 e. The zero-order valence-corrected chi connectivity index (χ0v) is 21.7. The molecule has 1 fully saturated rings. The number of pyridine rings is 1. The molecule has 4 aromatic rings. The van der Waals surface area contributed by atoms with E-state index in [1.54, 1.807) is 14.2 Å². The predicted octanol–water partition coefficient (Wildman–Crippen LogP) is 4.80. The van der Waals surface area contributed by atoms with Crippen LogP contribution in [0.2, 0.25) is 0 Å². The van der Waals surface area contributed by atoms with Crippen molar-refractivity contribution in [2.75, 3.05) is 14.2 Å². The van der Waals surface area contributed by atoms with Crippen LogP contribution in [-0.2, 0) is 13.1 Å². The van der Waals surface area contributed by atoms with E-state index in [1.807, 2.05) is 41.1 Å². The maximum absolute atomic E-state index is 13.2. The minimum Gasteiger partial charge on any atom is -0.497 e. The molecule has 2 heterocycles. The fourth-order valence-corrected chi connectivity index (χ4v) is 5.36. The summed E-state index contributed by atoms with van der Waals surface area (Å²) >= 11 is 0. The molecule has 0 radical (unpaired) electrons. The molecule has 2 aromatic heterocycles. The first-order valence-corrected chi connectivity index (χ1v) is 12.9. The number of methoxy groups -OCH3 is 2. The van der Waals surface area contributed by atoms with E-state index in [-0.39, 0.29) is 11.6 Å². The van der Waals surface area contributed by atoms with E-state index < -0.39 is 0 Å². The lowest BCUT2D eigenvalue weighted by Gasteiger charge is -2.31. The molecule has 0 amide bonds. The summed E-state index contributed by atoms with van der Waals surface area (Å²) < 4.78 is 12.7. The Hall–Kier alpha value is -3.72. The minimum absolute atomic E-state index is 0.0522. The monoisotopic (exact) mass is 502 g/mol. The maximum atomic E-state index is 13.2. The molecule has 0 saturated heterocycles. The number of aromatic nitrogens is 5. The molecule has 0 aliphatic heterocycles. The molecule has 1 atom stereocenters. The Labute approximate surface area is 216 Å². The molecule has 1 aliphatic carbocycles. The molecule has 1 aliphatic rings. The van der Waals surface area contributed by atoms with Crippen LogP contribution in [-0.4, -0.2) is 44.3 Å². The number of nitrogens with zero attached hydrogens (tertiary/aromatic N) is 5. The van der Waals surface area contributed by atoms with Crippen molar-refractivity contribution in [1.29, 1.82) is 0 Å². The standard InChI is InChI=1S/C28H34N6O3/c1-4-26(27-30-31-32-34(27)22-7-5-6-8-22)33(17-19-9-12-23(36-2)13-10-19)18-21-15-20-11-14-24(37-3)16-25(20)29-28(21)35/h9-16,22,26H,4-8,17-18H2,1-3H3,(H,29,35). The maximum Gasteiger partial charge on any atom is 0.252 e. The summed E-state index contributed by atoms with van der Waals surface area (Å²) in [6.07, 6.45) is 5.41. The van der Waals surface area contributed by atoms with Gasteiger partial charge in [-0.25, -0.2) is 4.68 Å². The average molecular weight is 503 g/mol. The van der Waals surface area contributed by atoms with Gasteiger partial charge in [-0.15, -0.1) is 5.10 Å². The molecule has 1 unspecified atom stereocenters. The number of rotatable bonds is 10. The van der Waals surface area contributed by atoms with Crippen molar-refractivity contribution in [2.45, 2.75) is 64.2 Å². The van der Waals surface area contributed by atoms with E-state index in [0.717, 1.165) is 47.3 Å². The number of aromatic amines is 1. The van der Waals surface area contributed by atoms with Gasteiger partial charge in [0.05, 0.1) is 31.8 Å².